The zero-order valence-corrected chi connectivity index (χ0v) is 11.5. The molecular formula is C15H24N2O2. The van der Waals surface area contributed by atoms with Crippen molar-refractivity contribution < 1.29 is 9.90 Å². The van der Waals surface area contributed by atoms with E-state index in [0.717, 1.165) is 45.3 Å². The Hall–Kier alpha value is -0.610. The number of piperidine rings is 4. The van der Waals surface area contributed by atoms with Crippen LogP contribution in [0.4, 0.5) is 0 Å². The van der Waals surface area contributed by atoms with E-state index < -0.39 is 0 Å². The summed E-state index contributed by atoms with van der Waals surface area (Å²) >= 11 is 0. The Kier molecular flexibility index (Phi) is 2.85. The molecule has 0 aromatic rings. The Morgan fingerprint density at radius 1 is 1.05 bits per heavy atom. The molecule has 2 bridgehead atoms. The highest BCUT2D eigenvalue weighted by Gasteiger charge is 2.48. The van der Waals surface area contributed by atoms with Crippen LogP contribution in [-0.2, 0) is 4.79 Å². The minimum absolute atomic E-state index is 0.118. The van der Waals surface area contributed by atoms with Gasteiger partial charge < -0.3 is 10.0 Å². The summed E-state index contributed by atoms with van der Waals surface area (Å²) < 4.78 is 0. The van der Waals surface area contributed by atoms with Crippen LogP contribution in [0.3, 0.4) is 0 Å². The Bertz CT molecular complexity index is 386. The Morgan fingerprint density at radius 2 is 1.89 bits per heavy atom. The van der Waals surface area contributed by atoms with Gasteiger partial charge in [0.05, 0.1) is 6.10 Å². The van der Waals surface area contributed by atoms with Crippen LogP contribution in [0.1, 0.15) is 38.5 Å². The summed E-state index contributed by atoms with van der Waals surface area (Å²) in [5.74, 6) is 1.68. The van der Waals surface area contributed by atoms with E-state index in [9.17, 15) is 9.90 Å². The number of nitrogens with zero attached hydrogens (tertiary/aromatic N) is 2. The molecule has 4 nitrogen and oxygen atoms in total. The van der Waals surface area contributed by atoms with Crippen LogP contribution >= 0.6 is 0 Å². The summed E-state index contributed by atoms with van der Waals surface area (Å²) in [4.78, 5) is 17.0. The molecule has 0 aromatic carbocycles. The zero-order valence-electron chi connectivity index (χ0n) is 11.5. The fourth-order valence-electron chi connectivity index (χ4n) is 5.07. The SMILES string of the molecule is O=C1CCC[C@@H]2[C@H]3C[C@@H](CN12)[C@H]1C[C@H](O)CCN1C3. The molecule has 4 heteroatoms. The van der Waals surface area contributed by atoms with Gasteiger partial charge in [-0.25, -0.2) is 0 Å². The van der Waals surface area contributed by atoms with Crippen LogP contribution < -0.4 is 0 Å². The number of carbonyl (C=O) groups excluding carboxylic acids is 1. The number of rotatable bonds is 0. The number of amides is 1. The van der Waals surface area contributed by atoms with Gasteiger partial charge in [0.15, 0.2) is 0 Å². The zero-order chi connectivity index (χ0) is 13.0. The molecule has 0 aromatic heterocycles. The smallest absolute Gasteiger partial charge is 0.222 e. The Balaban J connectivity index is 1.58. The second-order valence-electron chi connectivity index (χ2n) is 7.00. The predicted molar refractivity (Wildman–Crippen MR) is 71.6 cm³/mol. The van der Waals surface area contributed by atoms with E-state index in [0.29, 0.717) is 29.8 Å². The van der Waals surface area contributed by atoms with Crippen molar-refractivity contribution in [1.29, 1.82) is 0 Å². The van der Waals surface area contributed by atoms with Crippen molar-refractivity contribution in [2.24, 2.45) is 11.8 Å². The standard InChI is InChI=1S/C15H24N2O2/c18-12-4-5-16-8-10-6-11(14(16)7-12)9-17-13(10)2-1-3-15(17)19/h10-14,18H,1-9H2/t10-,11-,12+,13+,14+/m0/s1. The molecule has 4 aliphatic heterocycles. The molecule has 0 aliphatic carbocycles. The van der Waals surface area contributed by atoms with E-state index in [1.807, 2.05) is 0 Å². The van der Waals surface area contributed by atoms with Gasteiger partial charge in [-0.2, -0.15) is 0 Å². The lowest BCUT2D eigenvalue weighted by Crippen LogP contribution is -2.65. The van der Waals surface area contributed by atoms with Crippen LogP contribution in [0.15, 0.2) is 0 Å². The number of hydrogen-bond acceptors (Lipinski definition) is 3. The van der Waals surface area contributed by atoms with E-state index in [2.05, 4.69) is 9.80 Å². The molecule has 0 unspecified atom stereocenters. The molecule has 1 N–H and O–H groups in total. The van der Waals surface area contributed by atoms with Crippen molar-refractivity contribution >= 4 is 5.91 Å². The van der Waals surface area contributed by atoms with Crippen LogP contribution in [0.5, 0.6) is 0 Å². The fraction of sp³-hybridized carbons (Fsp3) is 0.933. The summed E-state index contributed by atoms with van der Waals surface area (Å²) in [7, 11) is 0. The number of aliphatic hydroxyl groups excluding tert-OH is 1. The molecule has 19 heavy (non-hydrogen) atoms. The van der Waals surface area contributed by atoms with Gasteiger partial charge >= 0.3 is 0 Å². The average Bonchev–Trinajstić information content (AvgIpc) is 2.41. The van der Waals surface area contributed by atoms with E-state index in [1.54, 1.807) is 0 Å². The summed E-state index contributed by atoms with van der Waals surface area (Å²) in [5, 5.41) is 9.92. The molecule has 0 saturated carbocycles. The minimum Gasteiger partial charge on any atom is -0.393 e. The summed E-state index contributed by atoms with van der Waals surface area (Å²) in [6, 6.07) is 1.04. The van der Waals surface area contributed by atoms with Crippen LogP contribution in [-0.4, -0.2) is 58.6 Å². The van der Waals surface area contributed by atoms with Crippen LogP contribution in [0.2, 0.25) is 0 Å². The highest BCUT2D eigenvalue weighted by atomic mass is 16.3. The normalized spacial score (nSPS) is 46.7. The number of fused-ring (bicyclic) bond motifs is 6. The van der Waals surface area contributed by atoms with Crippen molar-refractivity contribution in [3.8, 4) is 0 Å². The maximum absolute atomic E-state index is 12.1. The summed E-state index contributed by atoms with van der Waals surface area (Å²) in [6.45, 7) is 3.16. The topological polar surface area (TPSA) is 43.8 Å². The van der Waals surface area contributed by atoms with Crippen LogP contribution in [0.25, 0.3) is 0 Å². The average molecular weight is 264 g/mol. The number of aliphatic hydroxyl groups is 1. The summed E-state index contributed by atoms with van der Waals surface area (Å²) in [5.41, 5.74) is 0. The number of carbonyl (C=O) groups is 1. The fourth-order valence-corrected chi connectivity index (χ4v) is 5.07. The van der Waals surface area contributed by atoms with Crippen molar-refractivity contribution in [2.75, 3.05) is 19.6 Å². The lowest BCUT2D eigenvalue weighted by atomic mass is 9.70. The maximum atomic E-state index is 12.1. The van der Waals surface area contributed by atoms with E-state index in [1.165, 1.54) is 12.8 Å². The van der Waals surface area contributed by atoms with Gasteiger partial charge in [0, 0.05) is 38.1 Å². The van der Waals surface area contributed by atoms with Gasteiger partial charge in [0.25, 0.3) is 0 Å². The molecule has 4 aliphatic rings. The first-order valence-electron chi connectivity index (χ1n) is 7.94. The van der Waals surface area contributed by atoms with E-state index in [4.69, 9.17) is 0 Å². The highest BCUT2D eigenvalue weighted by molar-refractivity contribution is 5.77. The minimum atomic E-state index is -0.118. The highest BCUT2D eigenvalue weighted by Crippen LogP contribution is 2.42. The van der Waals surface area contributed by atoms with Gasteiger partial charge in [-0.3, -0.25) is 9.69 Å². The molecule has 4 saturated heterocycles. The molecule has 4 rings (SSSR count). The largest absolute Gasteiger partial charge is 0.393 e. The first-order chi connectivity index (χ1) is 9.22. The lowest BCUT2D eigenvalue weighted by Gasteiger charge is -2.57. The summed E-state index contributed by atoms with van der Waals surface area (Å²) in [6.07, 6.45) is 6.07. The van der Waals surface area contributed by atoms with E-state index >= 15 is 0 Å². The monoisotopic (exact) mass is 264 g/mol. The molecule has 106 valence electrons. The molecule has 1 amide bonds. The predicted octanol–water partition coefficient (Wildman–Crippen LogP) is 0.843. The number of hydrogen-bond donors (Lipinski definition) is 1. The van der Waals surface area contributed by atoms with Gasteiger partial charge in [-0.1, -0.05) is 0 Å². The maximum Gasteiger partial charge on any atom is 0.222 e. The molecule has 0 spiro atoms. The Morgan fingerprint density at radius 3 is 2.79 bits per heavy atom. The van der Waals surface area contributed by atoms with Crippen molar-refractivity contribution in [3.05, 3.63) is 0 Å². The first kappa shape index (κ1) is 12.2. The lowest BCUT2D eigenvalue weighted by molar-refractivity contribution is -0.150. The molecule has 5 atom stereocenters. The van der Waals surface area contributed by atoms with Crippen LogP contribution in [0, 0.1) is 11.8 Å². The van der Waals surface area contributed by atoms with Crippen molar-refractivity contribution in [3.63, 3.8) is 0 Å². The molecule has 0 radical (unpaired) electrons. The second-order valence-corrected chi connectivity index (χ2v) is 7.00. The quantitative estimate of drug-likeness (QED) is 0.705. The van der Waals surface area contributed by atoms with Gasteiger partial charge in [-0.05, 0) is 43.9 Å². The second kappa shape index (κ2) is 4.45. The van der Waals surface area contributed by atoms with Gasteiger partial charge in [0.1, 0.15) is 0 Å². The third-order valence-corrected chi connectivity index (χ3v) is 5.94. The first-order valence-corrected chi connectivity index (χ1v) is 7.94. The van der Waals surface area contributed by atoms with E-state index in [-0.39, 0.29) is 6.10 Å². The third kappa shape index (κ3) is 1.91. The Labute approximate surface area is 114 Å². The van der Waals surface area contributed by atoms with Crippen molar-refractivity contribution in [2.45, 2.75) is 56.7 Å². The van der Waals surface area contributed by atoms with Gasteiger partial charge in [-0.15, -0.1) is 0 Å². The molecule has 4 fully saturated rings. The third-order valence-electron chi connectivity index (χ3n) is 5.94. The molecule has 4 heterocycles. The van der Waals surface area contributed by atoms with Gasteiger partial charge in [0.2, 0.25) is 5.91 Å². The molecular weight excluding hydrogens is 240 g/mol. The van der Waals surface area contributed by atoms with Crippen molar-refractivity contribution in [1.82, 2.24) is 9.80 Å².